The molecule has 0 bridgehead atoms. The lowest BCUT2D eigenvalue weighted by Crippen LogP contribution is -2.21. The highest BCUT2D eigenvalue weighted by Crippen LogP contribution is 2.17. The third-order valence-electron chi connectivity index (χ3n) is 4.20. The zero-order chi connectivity index (χ0) is 17.3. The lowest BCUT2D eigenvalue weighted by molar-refractivity contribution is -0.384. The summed E-state index contributed by atoms with van der Waals surface area (Å²) < 4.78 is 3.47. The number of hydrogen-bond acceptors (Lipinski definition) is 3. The van der Waals surface area contributed by atoms with E-state index in [0.717, 1.165) is 16.9 Å². The van der Waals surface area contributed by atoms with Gasteiger partial charge in [0.1, 0.15) is 0 Å². The molecule has 3 rings (SSSR count). The summed E-state index contributed by atoms with van der Waals surface area (Å²) in [4.78, 5) is 23.1. The van der Waals surface area contributed by atoms with Crippen LogP contribution in [0, 0.1) is 17.0 Å². The molecule has 0 spiro atoms. The third-order valence-corrected chi connectivity index (χ3v) is 4.20. The van der Waals surface area contributed by atoms with E-state index in [1.807, 2.05) is 49.0 Å². The van der Waals surface area contributed by atoms with E-state index in [4.69, 9.17) is 0 Å². The van der Waals surface area contributed by atoms with Gasteiger partial charge >= 0.3 is 0 Å². The Balaban J connectivity index is 2.00. The van der Waals surface area contributed by atoms with Gasteiger partial charge in [-0.15, -0.1) is 0 Å². The van der Waals surface area contributed by atoms with Crippen LogP contribution in [-0.4, -0.2) is 14.3 Å². The molecule has 1 aromatic heterocycles. The predicted molar refractivity (Wildman–Crippen MR) is 91.6 cm³/mol. The molecule has 0 aliphatic rings. The Morgan fingerprint density at radius 1 is 1.04 bits per heavy atom. The summed E-state index contributed by atoms with van der Waals surface area (Å²) in [5.74, 6) is 0. The number of nitro groups is 1. The number of aromatic nitrogens is 2. The molecule has 6 heteroatoms. The Morgan fingerprint density at radius 2 is 1.67 bits per heavy atom. The number of hydrogen-bond donors (Lipinski definition) is 0. The molecular weight excluding hydrogens is 306 g/mol. The van der Waals surface area contributed by atoms with Crippen molar-refractivity contribution in [2.75, 3.05) is 0 Å². The van der Waals surface area contributed by atoms with Crippen molar-refractivity contribution >= 4 is 5.69 Å². The van der Waals surface area contributed by atoms with Gasteiger partial charge in [-0.05, 0) is 24.6 Å². The summed E-state index contributed by atoms with van der Waals surface area (Å²) in [7, 11) is 1.85. The van der Waals surface area contributed by atoms with Crippen LogP contribution in [0.25, 0.3) is 5.69 Å². The highest BCUT2D eigenvalue weighted by atomic mass is 16.6. The van der Waals surface area contributed by atoms with E-state index in [1.54, 1.807) is 16.8 Å². The topological polar surface area (TPSA) is 70.1 Å². The van der Waals surface area contributed by atoms with Gasteiger partial charge in [-0.3, -0.25) is 19.6 Å². The molecule has 3 aromatic rings. The van der Waals surface area contributed by atoms with Gasteiger partial charge in [0.2, 0.25) is 0 Å². The molecule has 6 nitrogen and oxygen atoms in total. The van der Waals surface area contributed by atoms with Crippen molar-refractivity contribution in [2.24, 2.45) is 7.05 Å². The summed E-state index contributed by atoms with van der Waals surface area (Å²) >= 11 is 0. The SMILES string of the molecule is Cc1c(Cc2ccc([N+](=O)[O-])cc2)c(=O)n(-c2ccccc2)n1C. The van der Waals surface area contributed by atoms with E-state index in [-0.39, 0.29) is 11.2 Å². The highest BCUT2D eigenvalue weighted by Gasteiger charge is 2.16. The van der Waals surface area contributed by atoms with Crippen LogP contribution in [0.5, 0.6) is 0 Å². The largest absolute Gasteiger partial charge is 0.285 e. The molecule has 0 fully saturated rings. The van der Waals surface area contributed by atoms with Crippen molar-refractivity contribution in [2.45, 2.75) is 13.3 Å². The summed E-state index contributed by atoms with van der Waals surface area (Å²) in [5.41, 5.74) is 3.22. The third kappa shape index (κ3) is 2.74. The predicted octanol–water partition coefficient (Wildman–Crippen LogP) is 2.98. The maximum absolute atomic E-state index is 12.8. The van der Waals surface area contributed by atoms with Crippen LogP contribution in [-0.2, 0) is 13.5 Å². The molecule has 0 atom stereocenters. The molecular formula is C18H17N3O3. The van der Waals surface area contributed by atoms with Crippen LogP contribution in [0.1, 0.15) is 16.8 Å². The van der Waals surface area contributed by atoms with Crippen LogP contribution < -0.4 is 5.56 Å². The lowest BCUT2D eigenvalue weighted by Gasteiger charge is -2.07. The summed E-state index contributed by atoms with van der Waals surface area (Å²) in [5, 5.41) is 10.7. The number of para-hydroxylation sites is 1. The van der Waals surface area contributed by atoms with Crippen molar-refractivity contribution in [3.05, 3.63) is 91.9 Å². The first-order chi connectivity index (χ1) is 11.5. The fourth-order valence-corrected chi connectivity index (χ4v) is 2.77. The number of rotatable bonds is 4. The zero-order valence-electron chi connectivity index (χ0n) is 13.5. The van der Waals surface area contributed by atoms with Crippen LogP contribution in [0.15, 0.2) is 59.4 Å². The zero-order valence-corrected chi connectivity index (χ0v) is 13.5. The minimum atomic E-state index is -0.431. The van der Waals surface area contributed by atoms with E-state index in [2.05, 4.69) is 0 Å². The average Bonchev–Trinajstić information content (AvgIpc) is 2.80. The Labute approximate surface area is 138 Å². The molecule has 0 radical (unpaired) electrons. The van der Waals surface area contributed by atoms with E-state index in [9.17, 15) is 14.9 Å². The normalized spacial score (nSPS) is 10.8. The first kappa shape index (κ1) is 15.7. The van der Waals surface area contributed by atoms with Gasteiger partial charge in [0.15, 0.2) is 0 Å². The van der Waals surface area contributed by atoms with Crippen molar-refractivity contribution in [1.82, 2.24) is 9.36 Å². The molecule has 0 aliphatic carbocycles. The molecule has 0 saturated carbocycles. The average molecular weight is 323 g/mol. The van der Waals surface area contributed by atoms with Crippen LogP contribution >= 0.6 is 0 Å². The Kier molecular flexibility index (Phi) is 4.04. The molecule has 0 unspecified atom stereocenters. The van der Waals surface area contributed by atoms with Crippen LogP contribution in [0.3, 0.4) is 0 Å². The first-order valence-corrected chi connectivity index (χ1v) is 7.55. The molecule has 122 valence electrons. The fraction of sp³-hybridized carbons (Fsp3) is 0.167. The van der Waals surface area contributed by atoms with Gasteiger partial charge in [-0.1, -0.05) is 30.3 Å². The van der Waals surface area contributed by atoms with E-state index in [0.29, 0.717) is 12.0 Å². The van der Waals surface area contributed by atoms with Crippen molar-refractivity contribution in [3.8, 4) is 5.69 Å². The maximum atomic E-state index is 12.8. The molecule has 0 amide bonds. The molecule has 0 saturated heterocycles. The van der Waals surface area contributed by atoms with Gasteiger partial charge in [0.05, 0.1) is 10.6 Å². The Bertz CT molecular complexity index is 938. The second kappa shape index (κ2) is 6.16. The standard InChI is InChI=1S/C18H17N3O3/c1-13-17(12-14-8-10-16(11-9-14)21(23)24)18(22)20(19(13)2)15-6-4-3-5-7-15/h3-11H,12H2,1-2H3. The van der Waals surface area contributed by atoms with E-state index < -0.39 is 4.92 Å². The Hall–Kier alpha value is -3.15. The van der Waals surface area contributed by atoms with E-state index >= 15 is 0 Å². The monoisotopic (exact) mass is 323 g/mol. The quantitative estimate of drug-likeness (QED) is 0.547. The lowest BCUT2D eigenvalue weighted by atomic mass is 10.1. The molecule has 24 heavy (non-hydrogen) atoms. The number of nitro benzene ring substituents is 1. The minimum absolute atomic E-state index is 0.0465. The van der Waals surface area contributed by atoms with E-state index in [1.165, 1.54) is 12.1 Å². The summed E-state index contributed by atoms with van der Waals surface area (Å²) in [6, 6.07) is 15.8. The fourth-order valence-electron chi connectivity index (χ4n) is 2.77. The van der Waals surface area contributed by atoms with Gasteiger partial charge in [-0.25, -0.2) is 4.68 Å². The molecule has 0 N–H and O–H groups in total. The minimum Gasteiger partial charge on any atom is -0.285 e. The Morgan fingerprint density at radius 3 is 2.25 bits per heavy atom. The number of nitrogens with zero attached hydrogens (tertiary/aromatic N) is 3. The molecule has 1 heterocycles. The summed E-state index contributed by atoms with van der Waals surface area (Å²) in [6.45, 7) is 1.90. The van der Waals surface area contributed by atoms with Crippen LogP contribution in [0.4, 0.5) is 5.69 Å². The van der Waals surface area contributed by atoms with Gasteiger partial charge in [0.25, 0.3) is 11.2 Å². The smallest absolute Gasteiger partial charge is 0.275 e. The second-order valence-corrected chi connectivity index (χ2v) is 5.64. The van der Waals surface area contributed by atoms with Crippen LogP contribution in [0.2, 0.25) is 0 Å². The maximum Gasteiger partial charge on any atom is 0.275 e. The summed E-state index contributed by atoms with van der Waals surface area (Å²) in [6.07, 6.45) is 0.441. The van der Waals surface area contributed by atoms with Crippen molar-refractivity contribution in [3.63, 3.8) is 0 Å². The second-order valence-electron chi connectivity index (χ2n) is 5.64. The van der Waals surface area contributed by atoms with Gasteiger partial charge in [-0.2, -0.15) is 0 Å². The molecule has 0 aliphatic heterocycles. The van der Waals surface area contributed by atoms with Crippen molar-refractivity contribution in [1.29, 1.82) is 0 Å². The first-order valence-electron chi connectivity index (χ1n) is 7.55. The number of benzene rings is 2. The molecule has 2 aromatic carbocycles. The number of non-ortho nitro benzene ring substituents is 1. The van der Waals surface area contributed by atoms with Gasteiger partial charge in [0, 0.05) is 36.9 Å². The van der Waals surface area contributed by atoms with Crippen molar-refractivity contribution < 1.29 is 4.92 Å². The van der Waals surface area contributed by atoms with Gasteiger partial charge < -0.3 is 0 Å². The highest BCUT2D eigenvalue weighted by molar-refractivity contribution is 5.38.